The maximum Gasteiger partial charge on any atom is 0.311 e. The molecule has 102 valence electrons. The molecule has 0 aliphatic heterocycles. The van der Waals surface area contributed by atoms with Gasteiger partial charge >= 0.3 is 5.97 Å². The number of ether oxygens (including phenoxy) is 1. The van der Waals surface area contributed by atoms with E-state index in [-0.39, 0.29) is 5.97 Å². The van der Waals surface area contributed by atoms with Gasteiger partial charge in [-0.2, -0.15) is 0 Å². The molecule has 0 unspecified atom stereocenters. The minimum atomic E-state index is -0.142. The Balaban J connectivity index is 1.67. The van der Waals surface area contributed by atoms with Gasteiger partial charge in [-0.3, -0.25) is 4.79 Å². The molecule has 0 bridgehead atoms. The van der Waals surface area contributed by atoms with Gasteiger partial charge in [0, 0.05) is 0 Å². The lowest BCUT2D eigenvalue weighted by Crippen LogP contribution is -2.14. The van der Waals surface area contributed by atoms with E-state index in [1.54, 1.807) is 0 Å². The van der Waals surface area contributed by atoms with Gasteiger partial charge in [0.2, 0.25) is 0 Å². The first-order chi connectivity index (χ1) is 9.83. The van der Waals surface area contributed by atoms with Crippen molar-refractivity contribution < 1.29 is 9.53 Å². The number of rotatable bonds is 5. The number of carbonyl (C=O) groups excluding carboxylic acids is 1. The molecule has 1 saturated carbocycles. The quantitative estimate of drug-likeness (QED) is 0.599. The highest BCUT2D eigenvalue weighted by Gasteiger charge is 2.34. The van der Waals surface area contributed by atoms with Crippen LogP contribution in [0.3, 0.4) is 0 Å². The van der Waals surface area contributed by atoms with Crippen LogP contribution in [0, 0.1) is 5.92 Å². The van der Waals surface area contributed by atoms with Gasteiger partial charge in [-0.1, -0.05) is 48.5 Å². The molecule has 3 rings (SSSR count). The molecule has 1 fully saturated rings. The largest absolute Gasteiger partial charge is 0.427 e. The molecule has 2 heteroatoms. The van der Waals surface area contributed by atoms with Crippen LogP contribution in [0.4, 0.5) is 0 Å². The summed E-state index contributed by atoms with van der Waals surface area (Å²) in [5.74, 6) is 1.42. The molecule has 0 spiro atoms. The average Bonchev–Trinajstić information content (AvgIpc) is 3.31. The second kappa shape index (κ2) is 5.91. The molecule has 2 nitrogen and oxygen atoms in total. The number of para-hydroxylation sites is 1. The van der Waals surface area contributed by atoms with Crippen molar-refractivity contribution in [1.82, 2.24) is 0 Å². The van der Waals surface area contributed by atoms with Gasteiger partial charge in [0.15, 0.2) is 0 Å². The molecule has 20 heavy (non-hydrogen) atoms. The van der Waals surface area contributed by atoms with Gasteiger partial charge in [0.25, 0.3) is 0 Å². The molecule has 2 aromatic carbocycles. The highest BCUT2D eigenvalue weighted by Crippen LogP contribution is 2.44. The summed E-state index contributed by atoms with van der Waals surface area (Å²) >= 11 is 0. The fraction of sp³-hybridized carbons (Fsp3) is 0.278. The average molecular weight is 266 g/mol. The van der Waals surface area contributed by atoms with Crippen LogP contribution in [-0.2, 0) is 4.79 Å². The van der Waals surface area contributed by atoms with E-state index in [1.165, 1.54) is 18.4 Å². The number of hydrogen-bond donors (Lipinski definition) is 0. The standard InChI is InChI=1S/C18H18O2/c19-18(20-16-9-5-2-6-10-16)13-17(15-11-12-15)14-7-3-1-4-8-14/h1-10,15,17H,11-13H2/t17-/m0/s1. The smallest absolute Gasteiger partial charge is 0.311 e. The maximum absolute atomic E-state index is 12.1. The zero-order chi connectivity index (χ0) is 13.8. The highest BCUT2D eigenvalue weighted by molar-refractivity contribution is 5.73. The van der Waals surface area contributed by atoms with E-state index in [4.69, 9.17) is 4.74 Å². The number of benzene rings is 2. The number of esters is 1. The van der Waals surface area contributed by atoms with Gasteiger partial charge < -0.3 is 4.74 Å². The van der Waals surface area contributed by atoms with Crippen LogP contribution in [0.5, 0.6) is 5.75 Å². The first-order valence-corrected chi connectivity index (χ1v) is 7.13. The Labute approximate surface area is 119 Å². The third kappa shape index (κ3) is 3.27. The van der Waals surface area contributed by atoms with Crippen molar-refractivity contribution in [2.24, 2.45) is 5.92 Å². The van der Waals surface area contributed by atoms with E-state index in [2.05, 4.69) is 12.1 Å². The van der Waals surface area contributed by atoms with Gasteiger partial charge in [0.05, 0.1) is 6.42 Å². The fourth-order valence-electron chi connectivity index (χ4n) is 2.60. The van der Waals surface area contributed by atoms with Gasteiger partial charge in [-0.15, -0.1) is 0 Å². The van der Waals surface area contributed by atoms with Crippen molar-refractivity contribution in [3.8, 4) is 5.75 Å². The van der Waals surface area contributed by atoms with Crippen LogP contribution in [0.2, 0.25) is 0 Å². The first kappa shape index (κ1) is 12.9. The highest BCUT2D eigenvalue weighted by atomic mass is 16.5. The summed E-state index contributed by atoms with van der Waals surface area (Å²) in [6.45, 7) is 0. The molecule has 0 heterocycles. The Kier molecular flexibility index (Phi) is 3.82. The van der Waals surface area contributed by atoms with Crippen molar-refractivity contribution in [2.75, 3.05) is 0 Å². The van der Waals surface area contributed by atoms with E-state index in [0.29, 0.717) is 24.0 Å². The monoisotopic (exact) mass is 266 g/mol. The number of carbonyl (C=O) groups is 1. The molecular formula is C18H18O2. The van der Waals surface area contributed by atoms with Crippen LogP contribution in [0.25, 0.3) is 0 Å². The summed E-state index contributed by atoms with van der Waals surface area (Å²) in [6.07, 6.45) is 2.90. The van der Waals surface area contributed by atoms with Crippen LogP contribution < -0.4 is 4.74 Å². The van der Waals surface area contributed by atoms with Crippen LogP contribution in [0.15, 0.2) is 60.7 Å². The summed E-state index contributed by atoms with van der Waals surface area (Å²) in [7, 11) is 0. The molecule has 1 aliphatic rings. The summed E-state index contributed by atoms with van der Waals surface area (Å²) in [5.41, 5.74) is 1.25. The van der Waals surface area contributed by atoms with Gasteiger partial charge in [0.1, 0.15) is 5.75 Å². The lowest BCUT2D eigenvalue weighted by molar-refractivity contribution is -0.134. The van der Waals surface area contributed by atoms with Gasteiger partial charge in [-0.25, -0.2) is 0 Å². The van der Waals surface area contributed by atoms with E-state index in [9.17, 15) is 4.79 Å². The van der Waals surface area contributed by atoms with E-state index in [1.807, 2.05) is 48.5 Å². The molecule has 1 atom stereocenters. The zero-order valence-electron chi connectivity index (χ0n) is 11.4. The molecule has 2 aromatic rings. The summed E-state index contributed by atoms with van der Waals surface area (Å²) in [6, 6.07) is 19.6. The molecule has 0 N–H and O–H groups in total. The summed E-state index contributed by atoms with van der Waals surface area (Å²) < 4.78 is 5.41. The molecule has 0 radical (unpaired) electrons. The Morgan fingerprint density at radius 1 is 1.00 bits per heavy atom. The van der Waals surface area contributed by atoms with Crippen molar-refractivity contribution in [1.29, 1.82) is 0 Å². The molecule has 0 aromatic heterocycles. The van der Waals surface area contributed by atoms with Crippen LogP contribution in [-0.4, -0.2) is 5.97 Å². The topological polar surface area (TPSA) is 26.3 Å². The minimum Gasteiger partial charge on any atom is -0.427 e. The summed E-state index contributed by atoms with van der Waals surface area (Å²) in [4.78, 5) is 12.1. The SMILES string of the molecule is O=C(C[C@@H](c1ccccc1)C1CC1)Oc1ccccc1. The third-order valence-corrected chi connectivity index (χ3v) is 3.78. The van der Waals surface area contributed by atoms with Crippen molar-refractivity contribution >= 4 is 5.97 Å². The second-order valence-electron chi connectivity index (χ2n) is 5.35. The van der Waals surface area contributed by atoms with Crippen molar-refractivity contribution in [3.63, 3.8) is 0 Å². The molecule has 1 aliphatic carbocycles. The lowest BCUT2D eigenvalue weighted by atomic mass is 9.91. The first-order valence-electron chi connectivity index (χ1n) is 7.13. The van der Waals surface area contributed by atoms with Crippen molar-refractivity contribution in [3.05, 3.63) is 66.2 Å². The molecule has 0 saturated heterocycles. The number of hydrogen-bond acceptors (Lipinski definition) is 2. The van der Waals surface area contributed by atoms with E-state index >= 15 is 0 Å². The Bertz CT molecular complexity index is 558. The minimum absolute atomic E-state index is 0.142. The lowest BCUT2D eigenvalue weighted by Gasteiger charge is -2.15. The second-order valence-corrected chi connectivity index (χ2v) is 5.35. The Morgan fingerprint density at radius 3 is 2.20 bits per heavy atom. The zero-order valence-corrected chi connectivity index (χ0v) is 11.4. The molecular weight excluding hydrogens is 248 g/mol. The fourth-order valence-corrected chi connectivity index (χ4v) is 2.60. The Morgan fingerprint density at radius 2 is 1.60 bits per heavy atom. The van der Waals surface area contributed by atoms with E-state index in [0.717, 1.165) is 0 Å². The molecule has 0 amide bonds. The Hall–Kier alpha value is -2.09. The van der Waals surface area contributed by atoms with Crippen LogP contribution >= 0.6 is 0 Å². The van der Waals surface area contributed by atoms with E-state index < -0.39 is 0 Å². The maximum atomic E-state index is 12.1. The summed E-state index contributed by atoms with van der Waals surface area (Å²) in [5, 5.41) is 0. The predicted octanol–water partition coefficient (Wildman–Crippen LogP) is 4.18. The normalized spacial score (nSPS) is 15.6. The predicted molar refractivity (Wildman–Crippen MR) is 78.6 cm³/mol. The van der Waals surface area contributed by atoms with Gasteiger partial charge in [-0.05, 0) is 42.4 Å². The van der Waals surface area contributed by atoms with Crippen molar-refractivity contribution in [2.45, 2.75) is 25.2 Å². The third-order valence-electron chi connectivity index (χ3n) is 3.78. The van der Waals surface area contributed by atoms with Crippen LogP contribution in [0.1, 0.15) is 30.7 Å².